The molecule has 0 aliphatic carbocycles. The van der Waals surface area contributed by atoms with E-state index in [1.165, 1.54) is 31.8 Å². The fraction of sp³-hybridized carbons (Fsp3) is 0.650. The zero-order valence-electron chi connectivity index (χ0n) is 15.9. The number of esters is 1. The van der Waals surface area contributed by atoms with Crippen LogP contribution >= 0.6 is 0 Å². The largest absolute Gasteiger partial charge is 0.463 e. The van der Waals surface area contributed by atoms with Crippen LogP contribution in [0.4, 0.5) is 5.82 Å². The summed E-state index contributed by atoms with van der Waals surface area (Å²) >= 11 is 0. The van der Waals surface area contributed by atoms with Gasteiger partial charge in [-0.15, -0.1) is 0 Å². The second-order valence-electron chi connectivity index (χ2n) is 7.78. The highest BCUT2D eigenvalue weighted by Gasteiger charge is 2.47. The summed E-state index contributed by atoms with van der Waals surface area (Å²) in [5.74, 6) is 0.401. The van der Waals surface area contributed by atoms with Crippen LogP contribution in [0.3, 0.4) is 0 Å². The van der Waals surface area contributed by atoms with E-state index >= 15 is 0 Å². The number of carbonyl (C=O) groups excluding carboxylic acids is 1. The number of fused-ring (bicyclic) bond motifs is 2. The summed E-state index contributed by atoms with van der Waals surface area (Å²) < 4.78 is 11.1. The van der Waals surface area contributed by atoms with Gasteiger partial charge in [0, 0.05) is 31.8 Å². The molecule has 146 valence electrons. The first-order chi connectivity index (χ1) is 13.1. The lowest BCUT2D eigenvalue weighted by Crippen LogP contribution is -2.41. The van der Waals surface area contributed by atoms with E-state index in [1.54, 1.807) is 25.4 Å². The zero-order chi connectivity index (χ0) is 18.7. The smallest absolute Gasteiger partial charge is 0.330 e. The van der Waals surface area contributed by atoms with Gasteiger partial charge in [0.15, 0.2) is 0 Å². The highest BCUT2D eigenvalue weighted by atomic mass is 16.5. The van der Waals surface area contributed by atoms with Crippen molar-refractivity contribution in [1.29, 1.82) is 0 Å². The number of hydrogen-bond donors (Lipinski definition) is 1. The Balaban J connectivity index is 1.25. The molecular weight excluding hydrogens is 344 g/mol. The lowest BCUT2D eigenvalue weighted by Gasteiger charge is -2.30. The van der Waals surface area contributed by atoms with E-state index in [-0.39, 0.29) is 11.6 Å². The summed E-state index contributed by atoms with van der Waals surface area (Å²) in [5.41, 5.74) is 0.765. The molecule has 0 unspecified atom stereocenters. The van der Waals surface area contributed by atoms with Crippen LogP contribution in [-0.2, 0) is 14.3 Å². The van der Waals surface area contributed by atoms with Crippen molar-refractivity contribution in [3.05, 3.63) is 24.2 Å². The van der Waals surface area contributed by atoms with E-state index in [1.807, 2.05) is 0 Å². The molecule has 3 saturated heterocycles. The minimum Gasteiger partial charge on any atom is -0.463 e. The highest BCUT2D eigenvalue weighted by Crippen LogP contribution is 2.44. The third-order valence-electron chi connectivity index (χ3n) is 5.75. The van der Waals surface area contributed by atoms with Gasteiger partial charge in [0.1, 0.15) is 5.82 Å². The van der Waals surface area contributed by atoms with Gasteiger partial charge in [-0.05, 0) is 45.1 Å². The van der Waals surface area contributed by atoms with E-state index in [0.717, 1.165) is 31.9 Å². The number of hydrogen-bond acceptors (Lipinski definition) is 7. The number of anilines is 1. The van der Waals surface area contributed by atoms with Crippen LogP contribution in [0.1, 0.15) is 44.7 Å². The molecule has 27 heavy (non-hydrogen) atoms. The third-order valence-corrected chi connectivity index (χ3v) is 5.75. The maximum Gasteiger partial charge on any atom is 0.330 e. The fourth-order valence-corrected chi connectivity index (χ4v) is 4.46. The molecule has 2 bridgehead atoms. The number of carbonyl (C=O) groups is 1. The van der Waals surface area contributed by atoms with E-state index in [2.05, 4.69) is 20.2 Å². The molecule has 0 aromatic carbocycles. The Morgan fingerprint density at radius 2 is 2.22 bits per heavy atom. The first-order valence-electron chi connectivity index (χ1n) is 9.98. The van der Waals surface area contributed by atoms with Crippen LogP contribution in [-0.4, -0.2) is 64.8 Å². The fourth-order valence-electron chi connectivity index (χ4n) is 4.46. The average molecular weight is 372 g/mol. The van der Waals surface area contributed by atoms with Crippen molar-refractivity contribution in [2.45, 2.75) is 56.8 Å². The Labute approximate surface area is 160 Å². The van der Waals surface area contributed by atoms with Crippen molar-refractivity contribution < 1.29 is 14.3 Å². The minimum atomic E-state index is -0.369. The molecule has 0 spiro atoms. The Morgan fingerprint density at radius 3 is 2.89 bits per heavy atom. The molecule has 4 rings (SSSR count). The average Bonchev–Trinajstić information content (AvgIpc) is 3.38. The molecule has 1 aromatic heterocycles. The monoisotopic (exact) mass is 372 g/mol. The first-order valence-corrected chi connectivity index (χ1v) is 9.98. The van der Waals surface area contributed by atoms with Crippen molar-refractivity contribution in [2.75, 3.05) is 31.6 Å². The topological polar surface area (TPSA) is 76.6 Å². The van der Waals surface area contributed by atoms with Gasteiger partial charge < -0.3 is 14.8 Å². The van der Waals surface area contributed by atoms with Gasteiger partial charge in [-0.1, -0.05) is 0 Å². The predicted octanol–water partition coefficient (Wildman–Crippen LogP) is 2.25. The maximum atomic E-state index is 11.3. The molecule has 7 heteroatoms. The summed E-state index contributed by atoms with van der Waals surface area (Å²) in [4.78, 5) is 22.6. The van der Waals surface area contributed by atoms with E-state index < -0.39 is 0 Å². The van der Waals surface area contributed by atoms with Crippen LogP contribution in [0, 0.1) is 0 Å². The van der Waals surface area contributed by atoms with Gasteiger partial charge in [-0.2, -0.15) is 0 Å². The number of nitrogens with one attached hydrogen (secondary N) is 1. The third kappa shape index (κ3) is 4.47. The summed E-state index contributed by atoms with van der Waals surface area (Å²) in [6, 6.07) is 0.384. The zero-order valence-corrected chi connectivity index (χ0v) is 15.9. The second kappa shape index (κ2) is 7.94. The Kier molecular flexibility index (Phi) is 5.41. The molecular formula is C20H28N4O3. The predicted molar refractivity (Wildman–Crippen MR) is 102 cm³/mol. The molecule has 1 N–H and O–H groups in total. The standard InChI is InChI=1S/C20H28N4O3/c1-2-26-19(25)4-3-15-11-22-18(12-21-15)23-16-7-10-24(13-16)14-20-8-5-17(27-20)6-9-20/h3-4,11-12,16-17H,2,5-10,13-14H2,1H3,(H,22,23)/t16-,17?,20?/m1/s1. The van der Waals surface area contributed by atoms with E-state index in [4.69, 9.17) is 9.47 Å². The first kappa shape index (κ1) is 18.4. The summed E-state index contributed by atoms with van der Waals surface area (Å²) in [6.07, 6.45) is 12.9. The lowest BCUT2D eigenvalue weighted by atomic mass is 9.88. The Hall–Kier alpha value is -1.99. The summed E-state index contributed by atoms with van der Waals surface area (Å²) in [7, 11) is 0. The molecule has 0 amide bonds. The maximum absolute atomic E-state index is 11.3. The van der Waals surface area contributed by atoms with Gasteiger partial charge >= 0.3 is 5.97 Å². The Bertz CT molecular complexity index is 683. The molecule has 4 heterocycles. The number of aromatic nitrogens is 2. The molecule has 7 nitrogen and oxygen atoms in total. The number of ether oxygens (including phenoxy) is 2. The SMILES string of the molecule is CCOC(=O)C=Cc1cnc(N[C@@H]2CCN(CC34CCC(CC3)O4)C2)cn1. The quantitative estimate of drug-likeness (QED) is 0.581. The lowest BCUT2D eigenvalue weighted by molar-refractivity contribution is -0.137. The molecule has 0 saturated carbocycles. The van der Waals surface area contributed by atoms with Crippen molar-refractivity contribution in [3.63, 3.8) is 0 Å². The van der Waals surface area contributed by atoms with Crippen LogP contribution in [0.25, 0.3) is 6.08 Å². The Morgan fingerprint density at radius 1 is 1.37 bits per heavy atom. The van der Waals surface area contributed by atoms with Crippen molar-refractivity contribution >= 4 is 17.9 Å². The number of likely N-dealkylation sites (tertiary alicyclic amines) is 1. The number of nitrogens with zero attached hydrogens (tertiary/aromatic N) is 3. The molecule has 1 aromatic rings. The van der Waals surface area contributed by atoms with Gasteiger partial charge in [-0.25, -0.2) is 9.78 Å². The molecule has 0 radical (unpaired) electrons. The van der Waals surface area contributed by atoms with Crippen LogP contribution in [0.15, 0.2) is 18.5 Å². The highest BCUT2D eigenvalue weighted by molar-refractivity contribution is 5.86. The normalized spacial score (nSPS) is 30.3. The molecule has 1 atom stereocenters. The van der Waals surface area contributed by atoms with Crippen molar-refractivity contribution in [3.8, 4) is 0 Å². The molecule has 3 aliphatic rings. The minimum absolute atomic E-state index is 0.131. The van der Waals surface area contributed by atoms with E-state index in [0.29, 0.717) is 24.4 Å². The van der Waals surface area contributed by atoms with E-state index in [9.17, 15) is 4.79 Å². The summed E-state index contributed by atoms with van der Waals surface area (Å²) in [6.45, 7) is 5.32. The second-order valence-corrected chi connectivity index (χ2v) is 7.78. The summed E-state index contributed by atoms with van der Waals surface area (Å²) in [5, 5.41) is 3.48. The van der Waals surface area contributed by atoms with Gasteiger partial charge in [0.25, 0.3) is 0 Å². The van der Waals surface area contributed by atoms with Crippen LogP contribution in [0.2, 0.25) is 0 Å². The number of rotatable bonds is 7. The van der Waals surface area contributed by atoms with Gasteiger partial charge in [-0.3, -0.25) is 9.88 Å². The van der Waals surface area contributed by atoms with Gasteiger partial charge in [0.2, 0.25) is 0 Å². The van der Waals surface area contributed by atoms with Crippen molar-refractivity contribution in [2.24, 2.45) is 0 Å². The van der Waals surface area contributed by atoms with Crippen LogP contribution in [0.5, 0.6) is 0 Å². The molecule has 3 fully saturated rings. The van der Waals surface area contributed by atoms with Gasteiger partial charge in [0.05, 0.1) is 36.4 Å². The van der Waals surface area contributed by atoms with Crippen LogP contribution < -0.4 is 5.32 Å². The molecule has 3 aliphatic heterocycles. The van der Waals surface area contributed by atoms with Crippen molar-refractivity contribution in [1.82, 2.24) is 14.9 Å².